The largest absolute Gasteiger partial charge is 0.497 e. The van der Waals surface area contributed by atoms with Gasteiger partial charge in [-0.1, -0.05) is 12.1 Å². The van der Waals surface area contributed by atoms with E-state index >= 15 is 0 Å². The quantitative estimate of drug-likeness (QED) is 0.865. The van der Waals surface area contributed by atoms with E-state index in [9.17, 15) is 9.18 Å². The van der Waals surface area contributed by atoms with E-state index in [1.54, 1.807) is 44.4 Å². The van der Waals surface area contributed by atoms with Gasteiger partial charge in [-0.2, -0.15) is 0 Å². The van der Waals surface area contributed by atoms with E-state index < -0.39 is 11.4 Å². The number of nitrogens with one attached hydrogen (secondary N) is 1. The molecule has 0 aliphatic rings. The number of hydrogen-bond acceptors (Lipinski definition) is 2. The average molecular weight is 233 g/mol. The molecule has 3 nitrogen and oxygen atoms in total. The van der Waals surface area contributed by atoms with Gasteiger partial charge in [0.25, 0.3) is 5.56 Å². The minimum atomic E-state index is -0.763. The first kappa shape index (κ1) is 11.4. The van der Waals surface area contributed by atoms with Gasteiger partial charge in [-0.25, -0.2) is 4.39 Å². The molecule has 0 spiro atoms. The minimum Gasteiger partial charge on any atom is -0.497 e. The van der Waals surface area contributed by atoms with E-state index in [4.69, 9.17) is 4.74 Å². The van der Waals surface area contributed by atoms with Crippen LogP contribution in [0, 0.1) is 12.7 Å². The number of aromatic nitrogens is 1. The Labute approximate surface area is 97.9 Å². The third-order valence-corrected chi connectivity index (χ3v) is 2.51. The molecule has 88 valence electrons. The highest BCUT2D eigenvalue weighted by molar-refractivity contribution is 5.64. The van der Waals surface area contributed by atoms with Crippen molar-refractivity contribution in [3.63, 3.8) is 0 Å². The van der Waals surface area contributed by atoms with E-state index in [0.717, 1.165) is 0 Å². The number of rotatable bonds is 2. The fourth-order valence-electron chi connectivity index (χ4n) is 1.65. The molecule has 0 unspecified atom stereocenters. The Morgan fingerprint density at radius 1 is 1.24 bits per heavy atom. The molecule has 2 aromatic rings. The highest BCUT2D eigenvalue weighted by atomic mass is 19.1. The number of benzene rings is 1. The van der Waals surface area contributed by atoms with Crippen LogP contribution in [0.5, 0.6) is 5.75 Å². The zero-order valence-corrected chi connectivity index (χ0v) is 9.58. The molecule has 1 aromatic heterocycles. The maximum atomic E-state index is 13.7. The molecule has 0 aliphatic heterocycles. The topological polar surface area (TPSA) is 42.1 Å². The molecule has 0 bridgehead atoms. The van der Waals surface area contributed by atoms with Crippen molar-refractivity contribution in [2.24, 2.45) is 0 Å². The van der Waals surface area contributed by atoms with Gasteiger partial charge in [-0.3, -0.25) is 4.79 Å². The van der Waals surface area contributed by atoms with Crippen LogP contribution in [0.1, 0.15) is 5.69 Å². The van der Waals surface area contributed by atoms with E-state index in [1.807, 2.05) is 0 Å². The van der Waals surface area contributed by atoms with E-state index in [2.05, 4.69) is 4.98 Å². The molecule has 0 saturated carbocycles. The van der Waals surface area contributed by atoms with Gasteiger partial charge in [0.15, 0.2) is 5.82 Å². The minimum absolute atomic E-state index is 0.300. The van der Waals surface area contributed by atoms with Crippen molar-refractivity contribution in [3.05, 3.63) is 52.2 Å². The summed E-state index contributed by atoms with van der Waals surface area (Å²) in [7, 11) is 1.56. The summed E-state index contributed by atoms with van der Waals surface area (Å²) in [5.74, 6) is -0.0727. The molecule has 1 heterocycles. The second kappa shape index (κ2) is 4.41. The van der Waals surface area contributed by atoms with Gasteiger partial charge < -0.3 is 9.72 Å². The molecule has 2 rings (SSSR count). The van der Waals surface area contributed by atoms with Crippen molar-refractivity contribution in [2.75, 3.05) is 7.11 Å². The molecule has 0 amide bonds. The third-order valence-electron chi connectivity index (χ3n) is 2.51. The number of halogens is 1. The number of aromatic amines is 1. The summed E-state index contributed by atoms with van der Waals surface area (Å²) in [5, 5.41) is 0. The van der Waals surface area contributed by atoms with E-state index in [-0.39, 0.29) is 0 Å². The average Bonchev–Trinajstić information content (AvgIpc) is 2.34. The lowest BCUT2D eigenvalue weighted by Crippen LogP contribution is -2.13. The summed E-state index contributed by atoms with van der Waals surface area (Å²) in [4.78, 5) is 13.7. The van der Waals surface area contributed by atoms with Gasteiger partial charge in [-0.05, 0) is 30.7 Å². The Morgan fingerprint density at radius 2 is 1.88 bits per heavy atom. The highest BCUT2D eigenvalue weighted by Gasteiger charge is 2.09. The molecule has 0 atom stereocenters. The van der Waals surface area contributed by atoms with Crippen molar-refractivity contribution < 1.29 is 9.13 Å². The summed E-state index contributed by atoms with van der Waals surface area (Å²) in [6.07, 6.45) is 0. The molecular formula is C13H12FNO2. The smallest absolute Gasteiger partial charge is 0.284 e. The molecule has 4 heteroatoms. The molecular weight excluding hydrogens is 221 g/mol. The number of ether oxygens (including phenoxy) is 1. The lowest BCUT2D eigenvalue weighted by Gasteiger charge is -2.05. The predicted molar refractivity (Wildman–Crippen MR) is 63.7 cm³/mol. The molecule has 1 aromatic carbocycles. The number of H-pyrrole nitrogens is 1. The van der Waals surface area contributed by atoms with Gasteiger partial charge in [-0.15, -0.1) is 0 Å². The van der Waals surface area contributed by atoms with Crippen molar-refractivity contribution in [3.8, 4) is 16.9 Å². The van der Waals surface area contributed by atoms with Crippen molar-refractivity contribution in [2.45, 2.75) is 6.92 Å². The van der Waals surface area contributed by atoms with Crippen LogP contribution in [0.4, 0.5) is 4.39 Å². The zero-order valence-electron chi connectivity index (χ0n) is 9.58. The monoisotopic (exact) mass is 233 g/mol. The molecule has 1 N–H and O–H groups in total. The van der Waals surface area contributed by atoms with Crippen LogP contribution in [0.2, 0.25) is 0 Å². The van der Waals surface area contributed by atoms with E-state index in [0.29, 0.717) is 22.6 Å². The lowest BCUT2D eigenvalue weighted by molar-refractivity contribution is 0.415. The van der Waals surface area contributed by atoms with Gasteiger partial charge in [0.2, 0.25) is 0 Å². The second-order valence-corrected chi connectivity index (χ2v) is 3.74. The van der Waals surface area contributed by atoms with Crippen LogP contribution in [-0.4, -0.2) is 12.1 Å². The predicted octanol–water partition coefficient (Wildman–Crippen LogP) is 2.50. The maximum Gasteiger partial charge on any atom is 0.284 e. The van der Waals surface area contributed by atoms with Crippen molar-refractivity contribution in [1.82, 2.24) is 4.98 Å². The standard InChI is InChI=1S/C13H12FNO2/c1-8-7-11(12(14)13(16)15-8)9-3-5-10(17-2)6-4-9/h3-7H,1-2H3,(H,15,16). The Morgan fingerprint density at radius 3 is 2.47 bits per heavy atom. The maximum absolute atomic E-state index is 13.7. The van der Waals surface area contributed by atoms with E-state index in [1.165, 1.54) is 0 Å². The number of pyridine rings is 1. The Hall–Kier alpha value is -2.10. The van der Waals surface area contributed by atoms with Crippen LogP contribution in [-0.2, 0) is 0 Å². The molecule has 0 saturated heterocycles. The Bertz CT molecular complexity index is 587. The summed E-state index contributed by atoms with van der Waals surface area (Å²) < 4.78 is 18.7. The van der Waals surface area contributed by atoms with Gasteiger partial charge in [0, 0.05) is 11.3 Å². The lowest BCUT2D eigenvalue weighted by atomic mass is 10.1. The Kier molecular flexibility index (Phi) is 2.95. The SMILES string of the molecule is COc1ccc(-c2cc(C)[nH]c(=O)c2F)cc1. The first-order chi connectivity index (χ1) is 8.11. The molecule has 0 radical (unpaired) electrons. The molecule has 0 aliphatic carbocycles. The molecule has 17 heavy (non-hydrogen) atoms. The number of hydrogen-bond donors (Lipinski definition) is 1. The Balaban J connectivity index is 2.56. The molecule has 0 fully saturated rings. The summed E-state index contributed by atoms with van der Waals surface area (Å²) in [5.41, 5.74) is 0.879. The van der Waals surface area contributed by atoms with Gasteiger partial charge >= 0.3 is 0 Å². The van der Waals surface area contributed by atoms with Crippen LogP contribution in [0.3, 0.4) is 0 Å². The summed E-state index contributed by atoms with van der Waals surface area (Å²) in [6.45, 7) is 1.72. The number of methoxy groups -OCH3 is 1. The fraction of sp³-hybridized carbons (Fsp3) is 0.154. The van der Waals surface area contributed by atoms with Crippen molar-refractivity contribution >= 4 is 0 Å². The van der Waals surface area contributed by atoms with Crippen LogP contribution in [0.15, 0.2) is 35.1 Å². The highest BCUT2D eigenvalue weighted by Crippen LogP contribution is 2.23. The van der Waals surface area contributed by atoms with Crippen molar-refractivity contribution in [1.29, 1.82) is 0 Å². The van der Waals surface area contributed by atoms with Crippen LogP contribution in [0.25, 0.3) is 11.1 Å². The first-order valence-electron chi connectivity index (χ1n) is 5.15. The van der Waals surface area contributed by atoms with Crippen LogP contribution >= 0.6 is 0 Å². The van der Waals surface area contributed by atoms with Gasteiger partial charge in [0.1, 0.15) is 5.75 Å². The van der Waals surface area contributed by atoms with Crippen LogP contribution < -0.4 is 10.3 Å². The zero-order chi connectivity index (χ0) is 12.4. The fourth-order valence-corrected chi connectivity index (χ4v) is 1.65. The first-order valence-corrected chi connectivity index (χ1v) is 5.15. The van der Waals surface area contributed by atoms with Gasteiger partial charge in [0.05, 0.1) is 7.11 Å². The summed E-state index contributed by atoms with van der Waals surface area (Å²) in [6, 6.07) is 8.50. The second-order valence-electron chi connectivity index (χ2n) is 3.74. The number of aryl methyl sites for hydroxylation is 1. The summed E-state index contributed by atoms with van der Waals surface area (Å²) >= 11 is 0. The third kappa shape index (κ3) is 2.20. The normalized spacial score (nSPS) is 10.3.